The summed E-state index contributed by atoms with van der Waals surface area (Å²) in [6.07, 6.45) is 1.71. The van der Waals surface area contributed by atoms with Crippen LogP contribution < -0.4 is 4.74 Å². The third-order valence-electron chi connectivity index (χ3n) is 5.54. The molecule has 154 valence electrons. The Bertz CT molecular complexity index is 881. The van der Waals surface area contributed by atoms with E-state index in [1.165, 1.54) is 9.80 Å². The number of amides is 3. The average Bonchev–Trinajstić information content (AvgIpc) is 3.23. The van der Waals surface area contributed by atoms with E-state index in [4.69, 9.17) is 14.8 Å². The standard InChI is InChI=1S/C20H25N5O4/c1-13-11-25-16-17(22(2)20(28)23(18(16)27)9-4-10-26)21-19(25)24(13)12-14-5-7-15(29-3)8-6-14/h5-8,11,16-17,26H,4,9-10,12H2,1-3H3. The maximum absolute atomic E-state index is 13.1. The highest BCUT2D eigenvalue weighted by atomic mass is 16.5. The fourth-order valence-electron chi connectivity index (χ4n) is 3.95. The van der Waals surface area contributed by atoms with Gasteiger partial charge in [0.2, 0.25) is 5.96 Å². The zero-order chi connectivity index (χ0) is 20.7. The van der Waals surface area contributed by atoms with Crippen molar-refractivity contribution >= 4 is 17.9 Å². The number of imide groups is 1. The minimum absolute atomic E-state index is 0.0744. The number of likely N-dealkylation sites (N-methyl/N-ethyl adjacent to an activating group) is 1. The molecule has 3 aliphatic rings. The molecule has 1 fully saturated rings. The van der Waals surface area contributed by atoms with Crippen molar-refractivity contribution in [1.82, 2.24) is 19.6 Å². The Morgan fingerprint density at radius 3 is 2.55 bits per heavy atom. The van der Waals surface area contributed by atoms with E-state index in [0.29, 0.717) is 18.9 Å². The molecule has 3 heterocycles. The van der Waals surface area contributed by atoms with Crippen LogP contribution in [0.15, 0.2) is 41.2 Å². The molecular formula is C20H25N5O4. The lowest BCUT2D eigenvalue weighted by Gasteiger charge is -2.40. The first-order valence-corrected chi connectivity index (χ1v) is 9.60. The van der Waals surface area contributed by atoms with Crippen molar-refractivity contribution in [1.29, 1.82) is 0 Å². The average molecular weight is 399 g/mol. The molecule has 0 bridgehead atoms. The summed E-state index contributed by atoms with van der Waals surface area (Å²) in [4.78, 5) is 37.1. The molecule has 9 nitrogen and oxygen atoms in total. The zero-order valence-corrected chi connectivity index (χ0v) is 16.8. The maximum atomic E-state index is 13.1. The third-order valence-corrected chi connectivity index (χ3v) is 5.54. The summed E-state index contributed by atoms with van der Waals surface area (Å²) in [5.41, 5.74) is 2.06. The lowest BCUT2D eigenvalue weighted by molar-refractivity contribution is -0.136. The van der Waals surface area contributed by atoms with Crippen molar-refractivity contribution in [3.63, 3.8) is 0 Å². The van der Waals surface area contributed by atoms with Gasteiger partial charge in [-0.25, -0.2) is 9.79 Å². The largest absolute Gasteiger partial charge is 0.497 e. The van der Waals surface area contributed by atoms with E-state index < -0.39 is 12.2 Å². The summed E-state index contributed by atoms with van der Waals surface area (Å²) in [5, 5.41) is 9.10. The monoisotopic (exact) mass is 399 g/mol. The van der Waals surface area contributed by atoms with Gasteiger partial charge in [-0.3, -0.25) is 9.69 Å². The second kappa shape index (κ2) is 7.40. The molecule has 3 aliphatic heterocycles. The zero-order valence-electron chi connectivity index (χ0n) is 16.8. The number of aliphatic hydroxyl groups is 1. The van der Waals surface area contributed by atoms with Crippen LogP contribution in [0.2, 0.25) is 0 Å². The second-order valence-corrected chi connectivity index (χ2v) is 7.36. The Morgan fingerprint density at radius 1 is 1.17 bits per heavy atom. The number of methoxy groups -OCH3 is 1. The number of aliphatic hydroxyl groups excluding tert-OH is 1. The molecule has 0 aromatic heterocycles. The van der Waals surface area contributed by atoms with Gasteiger partial charge in [0.05, 0.1) is 13.7 Å². The molecular weight excluding hydrogens is 374 g/mol. The van der Waals surface area contributed by atoms with Crippen LogP contribution in [0.3, 0.4) is 0 Å². The summed E-state index contributed by atoms with van der Waals surface area (Å²) < 4.78 is 5.21. The molecule has 9 heteroatoms. The summed E-state index contributed by atoms with van der Waals surface area (Å²) in [6.45, 7) is 2.70. The molecule has 0 spiro atoms. The van der Waals surface area contributed by atoms with E-state index in [2.05, 4.69) is 0 Å². The number of carbonyl (C=O) groups excluding carboxylic acids is 2. The smallest absolute Gasteiger partial charge is 0.328 e. The van der Waals surface area contributed by atoms with E-state index in [1.807, 2.05) is 47.2 Å². The van der Waals surface area contributed by atoms with Gasteiger partial charge in [-0.1, -0.05) is 12.1 Å². The van der Waals surface area contributed by atoms with Crippen molar-refractivity contribution in [3.8, 4) is 5.75 Å². The van der Waals surface area contributed by atoms with E-state index in [9.17, 15) is 9.59 Å². The van der Waals surface area contributed by atoms with Gasteiger partial charge in [0.1, 0.15) is 5.75 Å². The Labute approximate surface area is 169 Å². The molecule has 2 atom stereocenters. The van der Waals surface area contributed by atoms with Crippen LogP contribution in [0.1, 0.15) is 18.9 Å². The number of fused-ring (bicyclic) bond motifs is 3. The molecule has 1 N–H and O–H groups in total. The molecule has 0 aliphatic carbocycles. The van der Waals surface area contributed by atoms with Gasteiger partial charge in [0.25, 0.3) is 5.91 Å². The number of hydrogen-bond donors (Lipinski definition) is 1. The summed E-state index contributed by atoms with van der Waals surface area (Å²) in [5.74, 6) is 1.19. The van der Waals surface area contributed by atoms with Crippen molar-refractivity contribution in [2.24, 2.45) is 4.99 Å². The van der Waals surface area contributed by atoms with Gasteiger partial charge >= 0.3 is 6.03 Å². The van der Waals surface area contributed by atoms with Gasteiger partial charge in [0, 0.05) is 32.1 Å². The molecule has 1 saturated heterocycles. The summed E-state index contributed by atoms with van der Waals surface area (Å²) >= 11 is 0. The van der Waals surface area contributed by atoms with Crippen LogP contribution >= 0.6 is 0 Å². The molecule has 29 heavy (non-hydrogen) atoms. The lowest BCUT2D eigenvalue weighted by Crippen LogP contribution is -2.64. The van der Waals surface area contributed by atoms with Crippen molar-refractivity contribution in [2.45, 2.75) is 32.1 Å². The number of nitrogens with zero attached hydrogens (tertiary/aromatic N) is 5. The van der Waals surface area contributed by atoms with Gasteiger partial charge in [-0.15, -0.1) is 0 Å². The molecule has 4 rings (SSSR count). The quantitative estimate of drug-likeness (QED) is 0.768. The fraction of sp³-hybridized carbons (Fsp3) is 0.450. The Morgan fingerprint density at radius 2 is 1.90 bits per heavy atom. The highest BCUT2D eigenvalue weighted by Crippen LogP contribution is 2.34. The Hall–Kier alpha value is -3.07. The fourth-order valence-corrected chi connectivity index (χ4v) is 3.95. The van der Waals surface area contributed by atoms with Crippen LogP contribution in [-0.4, -0.2) is 82.1 Å². The second-order valence-electron chi connectivity index (χ2n) is 7.36. The van der Waals surface area contributed by atoms with Gasteiger partial charge < -0.3 is 24.5 Å². The first-order valence-electron chi connectivity index (χ1n) is 9.60. The van der Waals surface area contributed by atoms with Crippen LogP contribution in [0.4, 0.5) is 4.79 Å². The van der Waals surface area contributed by atoms with Crippen LogP contribution in [0.5, 0.6) is 5.75 Å². The number of urea groups is 1. The first kappa shape index (κ1) is 19.3. The molecule has 2 unspecified atom stereocenters. The highest BCUT2D eigenvalue weighted by molar-refractivity contribution is 6.04. The van der Waals surface area contributed by atoms with E-state index >= 15 is 0 Å². The van der Waals surface area contributed by atoms with Gasteiger partial charge in [-0.05, 0) is 31.0 Å². The van der Waals surface area contributed by atoms with Crippen molar-refractivity contribution < 1.29 is 19.4 Å². The minimum Gasteiger partial charge on any atom is -0.497 e. The van der Waals surface area contributed by atoms with Gasteiger partial charge in [-0.2, -0.15) is 0 Å². The van der Waals surface area contributed by atoms with Gasteiger partial charge in [0.15, 0.2) is 12.2 Å². The third kappa shape index (κ3) is 3.11. The molecule has 0 saturated carbocycles. The number of benzene rings is 1. The number of carbonyl (C=O) groups is 2. The predicted molar refractivity (Wildman–Crippen MR) is 106 cm³/mol. The summed E-state index contributed by atoms with van der Waals surface area (Å²) in [7, 11) is 3.29. The Kier molecular flexibility index (Phi) is 4.91. The molecule has 3 amide bonds. The highest BCUT2D eigenvalue weighted by Gasteiger charge is 2.54. The molecule has 1 aromatic carbocycles. The SMILES string of the molecule is COc1ccc(CN2C(C)=CN3C2=NC2C3C(=O)N(CCCO)C(=O)N2C)cc1. The molecule has 0 radical (unpaired) electrons. The lowest BCUT2D eigenvalue weighted by atomic mass is 10.1. The first-order chi connectivity index (χ1) is 14.0. The number of guanidine groups is 1. The van der Waals surface area contributed by atoms with E-state index in [0.717, 1.165) is 17.0 Å². The number of ether oxygens (including phenoxy) is 1. The molecule has 1 aromatic rings. The van der Waals surface area contributed by atoms with E-state index in [-0.39, 0.29) is 25.1 Å². The Balaban J connectivity index is 1.58. The number of hydrogen-bond acceptors (Lipinski definition) is 7. The number of rotatable bonds is 6. The number of aliphatic imine (C=N–C) groups is 1. The van der Waals surface area contributed by atoms with Crippen molar-refractivity contribution in [2.75, 3.05) is 27.3 Å². The maximum Gasteiger partial charge on any atom is 0.328 e. The number of allylic oxidation sites excluding steroid dienone is 1. The van der Waals surface area contributed by atoms with E-state index in [1.54, 1.807) is 14.2 Å². The van der Waals surface area contributed by atoms with Crippen LogP contribution in [0, 0.1) is 0 Å². The van der Waals surface area contributed by atoms with Crippen molar-refractivity contribution in [3.05, 3.63) is 41.7 Å². The van der Waals surface area contributed by atoms with Crippen LogP contribution in [-0.2, 0) is 11.3 Å². The normalized spacial score (nSPS) is 23.3. The van der Waals surface area contributed by atoms with Crippen LogP contribution in [0.25, 0.3) is 0 Å². The predicted octanol–water partition coefficient (Wildman–Crippen LogP) is 1.01. The minimum atomic E-state index is -0.581. The topological polar surface area (TPSA) is 88.9 Å². The summed E-state index contributed by atoms with van der Waals surface area (Å²) in [6, 6.07) is 6.85.